The number of alkyl halides is 2. The number of carbonyl (C=O) groups excluding carboxylic acids is 1. The third-order valence-corrected chi connectivity index (χ3v) is 3.45. The van der Waals surface area contributed by atoms with Crippen molar-refractivity contribution in [3.63, 3.8) is 0 Å². The average Bonchev–Trinajstić information content (AvgIpc) is 2.46. The van der Waals surface area contributed by atoms with Gasteiger partial charge in [0.2, 0.25) is 5.92 Å². The molecule has 0 amide bonds. The van der Waals surface area contributed by atoms with Gasteiger partial charge in [-0.1, -0.05) is 13.3 Å². The van der Waals surface area contributed by atoms with Crippen LogP contribution in [0.4, 0.5) is 8.78 Å². The van der Waals surface area contributed by atoms with Crippen molar-refractivity contribution in [2.45, 2.75) is 46.0 Å². The molecule has 0 aromatic carbocycles. The predicted molar refractivity (Wildman–Crippen MR) is 51.3 cm³/mol. The molecule has 0 aromatic heterocycles. The summed E-state index contributed by atoms with van der Waals surface area (Å²) in [6.45, 7) is 4.41. The zero-order chi connectivity index (χ0) is 10.9. The monoisotopic (exact) mass is 204 g/mol. The van der Waals surface area contributed by atoms with Crippen LogP contribution < -0.4 is 0 Å². The molecule has 82 valence electrons. The maximum atomic E-state index is 13.2. The first kappa shape index (κ1) is 11.6. The summed E-state index contributed by atoms with van der Waals surface area (Å²) >= 11 is 0. The summed E-state index contributed by atoms with van der Waals surface area (Å²) in [7, 11) is 0. The second kappa shape index (κ2) is 3.95. The van der Waals surface area contributed by atoms with Crippen molar-refractivity contribution in [1.82, 2.24) is 0 Å². The van der Waals surface area contributed by atoms with E-state index in [0.29, 0.717) is 12.8 Å². The number of hydrogen-bond donors (Lipinski definition) is 0. The smallest absolute Gasteiger partial charge is 0.248 e. The highest BCUT2D eigenvalue weighted by Gasteiger charge is 2.46. The largest absolute Gasteiger partial charge is 0.300 e. The fourth-order valence-electron chi connectivity index (χ4n) is 2.53. The number of Topliss-reactive ketones (excluding diaryl/α,β-unsaturated/α-hetero) is 1. The summed E-state index contributed by atoms with van der Waals surface area (Å²) in [5.41, 5.74) is 0. The molecule has 1 rings (SSSR count). The quantitative estimate of drug-likeness (QED) is 0.689. The Morgan fingerprint density at radius 1 is 1.43 bits per heavy atom. The summed E-state index contributed by atoms with van der Waals surface area (Å²) in [5.74, 6) is -3.28. The molecule has 0 spiro atoms. The van der Waals surface area contributed by atoms with Crippen molar-refractivity contribution in [2.24, 2.45) is 17.8 Å². The molecule has 1 saturated carbocycles. The van der Waals surface area contributed by atoms with E-state index in [2.05, 4.69) is 0 Å². The molecule has 0 heterocycles. The molecule has 0 aromatic rings. The highest BCUT2D eigenvalue weighted by Crippen LogP contribution is 2.46. The first-order valence-electron chi connectivity index (χ1n) is 5.24. The first-order valence-corrected chi connectivity index (χ1v) is 5.24. The number of carbonyl (C=O) groups is 1. The summed E-state index contributed by atoms with van der Waals surface area (Å²) in [5, 5.41) is 0. The number of halogens is 2. The van der Waals surface area contributed by atoms with Crippen molar-refractivity contribution in [3.8, 4) is 0 Å². The predicted octanol–water partition coefficient (Wildman–Crippen LogP) is 3.28. The van der Waals surface area contributed by atoms with Gasteiger partial charge in [-0.05, 0) is 32.6 Å². The molecule has 1 nitrogen and oxygen atoms in total. The molecule has 3 unspecified atom stereocenters. The van der Waals surface area contributed by atoms with E-state index in [1.54, 1.807) is 0 Å². The van der Waals surface area contributed by atoms with Crippen LogP contribution in [0.25, 0.3) is 0 Å². The Kier molecular flexibility index (Phi) is 3.28. The van der Waals surface area contributed by atoms with Crippen molar-refractivity contribution in [2.75, 3.05) is 0 Å². The van der Waals surface area contributed by atoms with Crippen LogP contribution in [0.3, 0.4) is 0 Å². The molecule has 3 heteroatoms. The zero-order valence-electron chi connectivity index (χ0n) is 9.02. The van der Waals surface area contributed by atoms with Gasteiger partial charge >= 0.3 is 0 Å². The van der Waals surface area contributed by atoms with E-state index in [4.69, 9.17) is 0 Å². The lowest BCUT2D eigenvalue weighted by Gasteiger charge is -2.24. The van der Waals surface area contributed by atoms with E-state index in [1.165, 1.54) is 6.92 Å². The van der Waals surface area contributed by atoms with Crippen molar-refractivity contribution < 1.29 is 13.6 Å². The van der Waals surface area contributed by atoms with E-state index in [0.717, 1.165) is 13.3 Å². The van der Waals surface area contributed by atoms with Crippen LogP contribution in [0.5, 0.6) is 0 Å². The number of rotatable bonds is 3. The van der Waals surface area contributed by atoms with E-state index < -0.39 is 11.8 Å². The summed E-state index contributed by atoms with van der Waals surface area (Å²) < 4.78 is 26.4. The molecule has 0 aliphatic heterocycles. The number of hydrogen-bond acceptors (Lipinski definition) is 1. The fraction of sp³-hybridized carbons (Fsp3) is 0.909. The van der Waals surface area contributed by atoms with Crippen molar-refractivity contribution in [3.05, 3.63) is 0 Å². The van der Waals surface area contributed by atoms with Gasteiger partial charge < -0.3 is 0 Å². The third kappa shape index (κ3) is 2.31. The molecule has 1 aliphatic rings. The van der Waals surface area contributed by atoms with Gasteiger partial charge in [-0.15, -0.1) is 0 Å². The zero-order valence-corrected chi connectivity index (χ0v) is 9.02. The van der Waals surface area contributed by atoms with Gasteiger partial charge in [0.05, 0.1) is 0 Å². The second-order valence-corrected chi connectivity index (χ2v) is 4.51. The Bertz CT molecular complexity index is 220. The fourth-order valence-corrected chi connectivity index (χ4v) is 2.53. The Labute approximate surface area is 83.9 Å². The van der Waals surface area contributed by atoms with Crippen LogP contribution in [0.15, 0.2) is 0 Å². The summed E-state index contributed by atoms with van der Waals surface area (Å²) in [6, 6.07) is 0. The molecular formula is C11H18F2O. The standard InChI is InChI=1S/C11H18F2O/c1-4-8-5-9(7(2)14)6-10(8)11(3,12)13/h8-10H,4-6H2,1-3H3. The molecule has 0 saturated heterocycles. The Morgan fingerprint density at radius 3 is 2.29 bits per heavy atom. The summed E-state index contributed by atoms with van der Waals surface area (Å²) in [6.07, 6.45) is 1.77. The minimum atomic E-state index is -2.63. The topological polar surface area (TPSA) is 17.1 Å². The van der Waals surface area contributed by atoms with E-state index >= 15 is 0 Å². The molecule has 0 N–H and O–H groups in total. The molecule has 0 radical (unpaired) electrons. The second-order valence-electron chi connectivity index (χ2n) is 4.51. The van der Waals surface area contributed by atoms with Crippen LogP contribution in [0, 0.1) is 17.8 Å². The Balaban J connectivity index is 2.73. The van der Waals surface area contributed by atoms with Gasteiger partial charge in [0.15, 0.2) is 0 Å². The molecule has 0 bridgehead atoms. The van der Waals surface area contributed by atoms with Gasteiger partial charge in [-0.25, -0.2) is 8.78 Å². The van der Waals surface area contributed by atoms with Gasteiger partial charge in [-0.3, -0.25) is 4.79 Å². The average molecular weight is 204 g/mol. The van der Waals surface area contributed by atoms with E-state index in [9.17, 15) is 13.6 Å². The summed E-state index contributed by atoms with van der Waals surface area (Å²) in [4.78, 5) is 11.1. The van der Waals surface area contributed by atoms with Crippen LogP contribution in [0.2, 0.25) is 0 Å². The third-order valence-electron chi connectivity index (χ3n) is 3.45. The van der Waals surface area contributed by atoms with Gasteiger partial charge in [0.1, 0.15) is 5.78 Å². The van der Waals surface area contributed by atoms with Crippen LogP contribution in [-0.2, 0) is 4.79 Å². The molecular weight excluding hydrogens is 186 g/mol. The highest BCUT2D eigenvalue weighted by molar-refractivity contribution is 5.78. The maximum absolute atomic E-state index is 13.2. The van der Waals surface area contributed by atoms with E-state index in [1.807, 2.05) is 6.92 Å². The van der Waals surface area contributed by atoms with Gasteiger partial charge in [-0.2, -0.15) is 0 Å². The molecule has 1 fully saturated rings. The molecule has 14 heavy (non-hydrogen) atoms. The lowest BCUT2D eigenvalue weighted by Crippen LogP contribution is -2.27. The van der Waals surface area contributed by atoms with Crippen molar-refractivity contribution in [1.29, 1.82) is 0 Å². The highest BCUT2D eigenvalue weighted by atomic mass is 19.3. The maximum Gasteiger partial charge on any atom is 0.248 e. The van der Waals surface area contributed by atoms with Crippen LogP contribution in [0.1, 0.15) is 40.0 Å². The van der Waals surface area contributed by atoms with Crippen LogP contribution >= 0.6 is 0 Å². The van der Waals surface area contributed by atoms with Crippen LogP contribution in [-0.4, -0.2) is 11.7 Å². The molecule has 1 aliphatic carbocycles. The minimum Gasteiger partial charge on any atom is -0.300 e. The first-order chi connectivity index (χ1) is 6.36. The Morgan fingerprint density at radius 2 is 2.00 bits per heavy atom. The number of ketones is 1. The minimum absolute atomic E-state index is 0.0175. The SMILES string of the molecule is CCC1CC(C(C)=O)CC1C(C)(F)F. The van der Waals surface area contributed by atoms with Crippen molar-refractivity contribution >= 4 is 5.78 Å². The lowest BCUT2D eigenvalue weighted by atomic mass is 9.89. The molecule has 3 atom stereocenters. The van der Waals surface area contributed by atoms with E-state index in [-0.39, 0.29) is 17.6 Å². The van der Waals surface area contributed by atoms with Gasteiger partial charge in [0.25, 0.3) is 0 Å². The Hall–Kier alpha value is -0.470. The normalized spacial score (nSPS) is 33.4. The van der Waals surface area contributed by atoms with Gasteiger partial charge in [0, 0.05) is 11.8 Å². The lowest BCUT2D eigenvalue weighted by molar-refractivity contribution is -0.120.